The van der Waals surface area contributed by atoms with Crippen molar-refractivity contribution in [1.29, 1.82) is 0 Å². The van der Waals surface area contributed by atoms with E-state index in [1.807, 2.05) is 12.1 Å². The predicted molar refractivity (Wildman–Crippen MR) is 90.3 cm³/mol. The molecule has 1 aliphatic rings. The molecule has 2 heterocycles. The van der Waals surface area contributed by atoms with Crippen molar-refractivity contribution in [2.24, 2.45) is 0 Å². The molecule has 3 rings (SSSR count). The van der Waals surface area contributed by atoms with Gasteiger partial charge in [0.05, 0.1) is 23.5 Å². The second-order valence-corrected chi connectivity index (χ2v) is 8.49. The third-order valence-electron chi connectivity index (χ3n) is 3.86. The van der Waals surface area contributed by atoms with Crippen LogP contribution >= 0.6 is 11.8 Å². The first-order chi connectivity index (χ1) is 11.1. The Balaban J connectivity index is 1.75. The SMILES string of the molecule is COc1ccc(S(=O)(=O)N2CCSC(c3ccco3)CC2)cc1. The molecule has 1 atom stereocenters. The third-order valence-corrected chi connectivity index (χ3v) is 7.06. The minimum absolute atomic E-state index is 0.209. The first kappa shape index (κ1) is 16.4. The molecule has 0 radical (unpaired) electrons. The van der Waals surface area contributed by atoms with Gasteiger partial charge >= 0.3 is 0 Å². The molecule has 124 valence electrons. The molecule has 1 aromatic heterocycles. The molecule has 0 amide bonds. The maximum Gasteiger partial charge on any atom is 0.243 e. The van der Waals surface area contributed by atoms with E-state index in [1.165, 1.54) is 0 Å². The van der Waals surface area contributed by atoms with Crippen LogP contribution in [0.5, 0.6) is 5.75 Å². The maximum absolute atomic E-state index is 12.8. The van der Waals surface area contributed by atoms with Crippen LogP contribution in [0.3, 0.4) is 0 Å². The topological polar surface area (TPSA) is 59.8 Å². The number of thioether (sulfide) groups is 1. The summed E-state index contributed by atoms with van der Waals surface area (Å²) in [6, 6.07) is 10.3. The lowest BCUT2D eigenvalue weighted by Gasteiger charge is -2.20. The number of hydrogen-bond acceptors (Lipinski definition) is 5. The van der Waals surface area contributed by atoms with Crippen LogP contribution in [-0.2, 0) is 10.0 Å². The standard InChI is InChI=1S/C16H19NO4S2/c1-20-13-4-6-14(7-5-13)23(18,19)17-9-8-16(22-12-10-17)15-3-2-11-21-15/h2-7,11,16H,8-10,12H2,1H3. The van der Waals surface area contributed by atoms with Crippen molar-refractivity contribution in [3.8, 4) is 5.75 Å². The highest BCUT2D eigenvalue weighted by Gasteiger charge is 2.29. The van der Waals surface area contributed by atoms with E-state index in [2.05, 4.69) is 0 Å². The van der Waals surface area contributed by atoms with Crippen molar-refractivity contribution in [1.82, 2.24) is 4.31 Å². The quantitative estimate of drug-likeness (QED) is 0.845. The van der Waals surface area contributed by atoms with Crippen LogP contribution in [0.4, 0.5) is 0 Å². The van der Waals surface area contributed by atoms with Crippen LogP contribution in [0.15, 0.2) is 52.0 Å². The Labute approximate surface area is 140 Å². The van der Waals surface area contributed by atoms with Gasteiger partial charge in [0.1, 0.15) is 11.5 Å². The predicted octanol–water partition coefficient (Wildman–Crippen LogP) is 3.16. The molecule has 23 heavy (non-hydrogen) atoms. The van der Waals surface area contributed by atoms with E-state index in [1.54, 1.807) is 53.7 Å². The first-order valence-electron chi connectivity index (χ1n) is 7.40. The lowest BCUT2D eigenvalue weighted by molar-refractivity contribution is 0.412. The lowest BCUT2D eigenvalue weighted by Crippen LogP contribution is -2.33. The number of methoxy groups -OCH3 is 1. The number of hydrogen-bond donors (Lipinski definition) is 0. The Bertz CT molecular complexity index is 726. The van der Waals surface area contributed by atoms with Crippen LogP contribution in [0.2, 0.25) is 0 Å². The maximum atomic E-state index is 12.8. The molecular weight excluding hydrogens is 334 g/mol. The Kier molecular flexibility index (Phi) is 4.99. The molecule has 1 aromatic carbocycles. The van der Waals surface area contributed by atoms with Gasteiger partial charge in [-0.2, -0.15) is 4.31 Å². The van der Waals surface area contributed by atoms with Gasteiger partial charge in [0.15, 0.2) is 0 Å². The normalized spacial score (nSPS) is 20.1. The Morgan fingerprint density at radius 1 is 1.22 bits per heavy atom. The second kappa shape index (κ2) is 6.98. The van der Waals surface area contributed by atoms with Crippen LogP contribution in [0.25, 0.3) is 0 Å². The van der Waals surface area contributed by atoms with E-state index in [9.17, 15) is 8.42 Å². The average molecular weight is 353 g/mol. The zero-order valence-electron chi connectivity index (χ0n) is 12.8. The third kappa shape index (κ3) is 3.57. The van der Waals surface area contributed by atoms with Gasteiger partial charge in [0.25, 0.3) is 0 Å². The van der Waals surface area contributed by atoms with Crippen molar-refractivity contribution in [3.05, 3.63) is 48.4 Å². The molecule has 0 bridgehead atoms. The Morgan fingerprint density at radius 3 is 2.65 bits per heavy atom. The minimum atomic E-state index is -3.47. The van der Waals surface area contributed by atoms with Crippen LogP contribution in [0, 0.1) is 0 Å². The number of benzene rings is 1. The van der Waals surface area contributed by atoms with Gasteiger partial charge in [-0.05, 0) is 42.8 Å². The summed E-state index contributed by atoms with van der Waals surface area (Å²) in [5, 5.41) is 0.209. The molecule has 5 nitrogen and oxygen atoms in total. The molecular formula is C16H19NO4S2. The van der Waals surface area contributed by atoms with E-state index in [0.29, 0.717) is 23.7 Å². The number of rotatable bonds is 4. The van der Waals surface area contributed by atoms with Gasteiger partial charge < -0.3 is 9.15 Å². The summed E-state index contributed by atoms with van der Waals surface area (Å²) in [4.78, 5) is 0.305. The highest BCUT2D eigenvalue weighted by atomic mass is 32.2. The molecule has 0 N–H and O–H groups in total. The molecule has 0 spiro atoms. The van der Waals surface area contributed by atoms with E-state index < -0.39 is 10.0 Å². The summed E-state index contributed by atoms with van der Waals surface area (Å²) in [7, 11) is -1.91. The molecule has 0 aliphatic carbocycles. The van der Waals surface area contributed by atoms with Gasteiger partial charge in [0.2, 0.25) is 10.0 Å². The van der Waals surface area contributed by atoms with Crippen molar-refractivity contribution in [3.63, 3.8) is 0 Å². The van der Waals surface area contributed by atoms with Crippen molar-refractivity contribution in [2.45, 2.75) is 16.6 Å². The number of sulfonamides is 1. The largest absolute Gasteiger partial charge is 0.497 e. The highest BCUT2D eigenvalue weighted by molar-refractivity contribution is 7.99. The van der Waals surface area contributed by atoms with Crippen LogP contribution in [-0.4, -0.2) is 38.7 Å². The summed E-state index contributed by atoms with van der Waals surface area (Å²) in [6.07, 6.45) is 2.40. The summed E-state index contributed by atoms with van der Waals surface area (Å²) in [5.74, 6) is 2.31. The highest BCUT2D eigenvalue weighted by Crippen LogP contribution is 2.35. The van der Waals surface area contributed by atoms with Gasteiger partial charge in [-0.25, -0.2) is 8.42 Å². The number of nitrogens with zero attached hydrogens (tertiary/aromatic N) is 1. The van der Waals surface area contributed by atoms with Gasteiger partial charge in [-0.1, -0.05) is 0 Å². The summed E-state index contributed by atoms with van der Waals surface area (Å²) < 4.78 is 37.7. The molecule has 1 fully saturated rings. The van der Waals surface area contributed by atoms with E-state index in [-0.39, 0.29) is 5.25 Å². The summed E-state index contributed by atoms with van der Waals surface area (Å²) in [5.41, 5.74) is 0. The monoisotopic (exact) mass is 353 g/mol. The fourth-order valence-corrected chi connectivity index (χ4v) is 5.34. The first-order valence-corrected chi connectivity index (χ1v) is 9.89. The molecule has 0 saturated carbocycles. The van der Waals surface area contributed by atoms with E-state index in [4.69, 9.17) is 9.15 Å². The van der Waals surface area contributed by atoms with Crippen molar-refractivity contribution < 1.29 is 17.6 Å². The fraction of sp³-hybridized carbons (Fsp3) is 0.375. The smallest absolute Gasteiger partial charge is 0.243 e. The van der Waals surface area contributed by atoms with Crippen LogP contribution < -0.4 is 4.74 Å². The van der Waals surface area contributed by atoms with Crippen LogP contribution in [0.1, 0.15) is 17.4 Å². The minimum Gasteiger partial charge on any atom is -0.497 e. The van der Waals surface area contributed by atoms with Gasteiger partial charge in [-0.15, -0.1) is 11.8 Å². The average Bonchev–Trinajstić information content (AvgIpc) is 2.99. The van der Waals surface area contributed by atoms with Gasteiger partial charge in [-0.3, -0.25) is 0 Å². The lowest BCUT2D eigenvalue weighted by atomic mass is 10.2. The molecule has 1 aliphatic heterocycles. The van der Waals surface area contributed by atoms with Crippen molar-refractivity contribution in [2.75, 3.05) is 26.0 Å². The van der Waals surface area contributed by atoms with E-state index in [0.717, 1.165) is 17.9 Å². The fourth-order valence-electron chi connectivity index (χ4n) is 2.59. The second-order valence-electron chi connectivity index (χ2n) is 5.24. The van der Waals surface area contributed by atoms with E-state index >= 15 is 0 Å². The van der Waals surface area contributed by atoms with Crippen molar-refractivity contribution >= 4 is 21.8 Å². The Hall–Kier alpha value is -1.44. The molecule has 2 aromatic rings. The summed E-state index contributed by atoms with van der Waals surface area (Å²) in [6.45, 7) is 1.00. The zero-order valence-corrected chi connectivity index (χ0v) is 14.5. The molecule has 1 saturated heterocycles. The number of furan rings is 1. The molecule has 1 unspecified atom stereocenters. The zero-order chi connectivity index (χ0) is 16.3. The summed E-state index contributed by atoms with van der Waals surface area (Å²) >= 11 is 1.74. The van der Waals surface area contributed by atoms with Gasteiger partial charge in [0, 0.05) is 18.8 Å². The molecule has 7 heteroatoms. The number of ether oxygens (including phenoxy) is 1. The Morgan fingerprint density at radius 2 is 2.00 bits per heavy atom.